The number of Topliss-reactive ketones (excluding diaryl/α,β-unsaturated/α-hetero) is 1. The molecule has 0 saturated heterocycles. The minimum atomic E-state index is 0.412. The minimum Gasteiger partial charge on any atom is -0.299 e. The summed E-state index contributed by atoms with van der Waals surface area (Å²) in [4.78, 5) is 11.6. The molecule has 0 aromatic heterocycles. The second-order valence-electron chi connectivity index (χ2n) is 4.60. The highest BCUT2D eigenvalue weighted by atomic mass is 16.1. The average molecular weight is 202 g/mol. The smallest absolute Gasteiger partial charge is 0.136 e. The number of benzene rings is 1. The van der Waals surface area contributed by atoms with Gasteiger partial charge >= 0.3 is 0 Å². The van der Waals surface area contributed by atoms with Crippen LogP contribution in [0.5, 0.6) is 0 Å². The van der Waals surface area contributed by atoms with Crippen LogP contribution in [0.2, 0.25) is 0 Å². The van der Waals surface area contributed by atoms with Gasteiger partial charge in [0.2, 0.25) is 0 Å². The molecule has 0 amide bonds. The average Bonchev–Trinajstić information content (AvgIpc) is 3.03. The van der Waals surface area contributed by atoms with Gasteiger partial charge in [-0.25, -0.2) is 0 Å². The van der Waals surface area contributed by atoms with Gasteiger partial charge in [-0.3, -0.25) is 4.79 Å². The highest BCUT2D eigenvalue weighted by Crippen LogP contribution is 2.31. The molecule has 80 valence electrons. The maximum Gasteiger partial charge on any atom is 0.136 e. The largest absolute Gasteiger partial charge is 0.299 e. The molecule has 2 rings (SSSR count). The predicted molar refractivity (Wildman–Crippen MR) is 62.0 cm³/mol. The molecule has 0 bridgehead atoms. The molecule has 1 aliphatic rings. The Hall–Kier alpha value is -1.11. The molecule has 1 heteroatoms. The number of carbonyl (C=O) groups is 1. The highest BCUT2D eigenvalue weighted by Gasteiger charge is 2.28. The van der Waals surface area contributed by atoms with E-state index in [0.717, 1.165) is 25.7 Å². The van der Waals surface area contributed by atoms with E-state index in [2.05, 4.69) is 32.0 Å². The molecule has 1 saturated carbocycles. The van der Waals surface area contributed by atoms with E-state index in [1.54, 1.807) is 0 Å². The number of carbonyl (C=O) groups excluding carboxylic acids is 1. The van der Waals surface area contributed by atoms with Crippen molar-refractivity contribution in [2.75, 3.05) is 0 Å². The third-order valence-electron chi connectivity index (χ3n) is 3.39. The van der Waals surface area contributed by atoms with E-state index >= 15 is 0 Å². The lowest BCUT2D eigenvalue weighted by Gasteiger charge is -2.07. The minimum absolute atomic E-state index is 0.412. The van der Waals surface area contributed by atoms with Crippen LogP contribution in [0.1, 0.15) is 36.0 Å². The molecule has 0 heterocycles. The molecule has 1 aromatic carbocycles. The summed E-state index contributed by atoms with van der Waals surface area (Å²) in [6, 6.07) is 6.35. The zero-order chi connectivity index (χ0) is 10.8. The van der Waals surface area contributed by atoms with Crippen LogP contribution in [0.3, 0.4) is 0 Å². The van der Waals surface area contributed by atoms with Gasteiger partial charge in [0.05, 0.1) is 0 Å². The van der Waals surface area contributed by atoms with Gasteiger partial charge in [-0.05, 0) is 49.8 Å². The molecule has 0 spiro atoms. The van der Waals surface area contributed by atoms with E-state index in [1.807, 2.05) is 0 Å². The van der Waals surface area contributed by atoms with Gasteiger partial charge in [-0.2, -0.15) is 0 Å². The Kier molecular flexibility index (Phi) is 2.90. The van der Waals surface area contributed by atoms with E-state index < -0.39 is 0 Å². The predicted octanol–water partition coefficient (Wildman–Crippen LogP) is 3.22. The summed E-state index contributed by atoms with van der Waals surface area (Å²) >= 11 is 0. The van der Waals surface area contributed by atoms with Gasteiger partial charge in [-0.15, -0.1) is 0 Å². The Morgan fingerprint density at radius 3 is 2.73 bits per heavy atom. The van der Waals surface area contributed by atoms with Crippen molar-refractivity contribution in [3.05, 3.63) is 34.9 Å². The molecular formula is C14H18O. The van der Waals surface area contributed by atoms with Crippen molar-refractivity contribution in [3.63, 3.8) is 0 Å². The van der Waals surface area contributed by atoms with Crippen molar-refractivity contribution in [1.29, 1.82) is 0 Å². The molecule has 0 unspecified atom stereocenters. The summed E-state index contributed by atoms with van der Waals surface area (Å²) in [5.41, 5.74) is 4.01. The van der Waals surface area contributed by atoms with Crippen LogP contribution in [-0.2, 0) is 11.2 Å². The summed E-state index contributed by atoms with van der Waals surface area (Å²) < 4.78 is 0. The molecule has 1 nitrogen and oxygen atoms in total. The third-order valence-corrected chi connectivity index (χ3v) is 3.39. The molecular weight excluding hydrogens is 184 g/mol. The van der Waals surface area contributed by atoms with Crippen molar-refractivity contribution in [2.45, 2.75) is 39.5 Å². The fraction of sp³-hybridized carbons (Fsp3) is 0.500. The molecule has 0 atom stereocenters. The van der Waals surface area contributed by atoms with Crippen molar-refractivity contribution in [1.82, 2.24) is 0 Å². The molecule has 0 N–H and O–H groups in total. The molecule has 0 radical (unpaired) electrons. The Balaban J connectivity index is 1.98. The van der Waals surface area contributed by atoms with Gasteiger partial charge < -0.3 is 0 Å². The van der Waals surface area contributed by atoms with E-state index in [9.17, 15) is 4.79 Å². The van der Waals surface area contributed by atoms with Crippen molar-refractivity contribution in [2.24, 2.45) is 5.92 Å². The second kappa shape index (κ2) is 4.18. The van der Waals surface area contributed by atoms with Crippen LogP contribution in [0.4, 0.5) is 0 Å². The summed E-state index contributed by atoms with van der Waals surface area (Å²) in [5, 5.41) is 0. The van der Waals surface area contributed by atoms with Crippen molar-refractivity contribution in [3.8, 4) is 0 Å². The van der Waals surface area contributed by atoms with E-state index in [4.69, 9.17) is 0 Å². The van der Waals surface area contributed by atoms with Gasteiger partial charge in [0, 0.05) is 12.3 Å². The Labute approximate surface area is 91.5 Å². The lowest BCUT2D eigenvalue weighted by atomic mass is 9.98. The summed E-state index contributed by atoms with van der Waals surface area (Å²) in [5.74, 6) is 0.881. The van der Waals surface area contributed by atoms with Crippen LogP contribution in [0, 0.1) is 19.8 Å². The summed E-state index contributed by atoms with van der Waals surface area (Å²) in [6.07, 6.45) is 3.91. The number of hydrogen-bond acceptors (Lipinski definition) is 1. The first-order valence-corrected chi connectivity index (χ1v) is 5.76. The van der Waals surface area contributed by atoms with E-state index in [0.29, 0.717) is 11.7 Å². The molecule has 1 aliphatic carbocycles. The Morgan fingerprint density at radius 1 is 1.33 bits per heavy atom. The summed E-state index contributed by atoms with van der Waals surface area (Å²) in [7, 11) is 0. The standard InChI is InChI=1S/C14H18O/c1-10-4-3-5-12(11(10)2)8-9-14(15)13-6-7-13/h3-5,13H,6-9H2,1-2H3. The van der Waals surface area contributed by atoms with Gasteiger partial charge in [0.15, 0.2) is 0 Å². The zero-order valence-electron chi connectivity index (χ0n) is 9.55. The van der Waals surface area contributed by atoms with Gasteiger partial charge in [-0.1, -0.05) is 18.2 Å². The van der Waals surface area contributed by atoms with Crippen LogP contribution < -0.4 is 0 Å². The molecule has 0 aliphatic heterocycles. The van der Waals surface area contributed by atoms with Gasteiger partial charge in [0.25, 0.3) is 0 Å². The number of rotatable bonds is 4. The van der Waals surface area contributed by atoms with Crippen molar-refractivity contribution >= 4 is 5.78 Å². The van der Waals surface area contributed by atoms with E-state index in [1.165, 1.54) is 16.7 Å². The van der Waals surface area contributed by atoms with Crippen LogP contribution in [-0.4, -0.2) is 5.78 Å². The molecule has 1 aromatic rings. The van der Waals surface area contributed by atoms with Crippen LogP contribution in [0.15, 0.2) is 18.2 Å². The van der Waals surface area contributed by atoms with Gasteiger partial charge in [0.1, 0.15) is 5.78 Å². The SMILES string of the molecule is Cc1cccc(CCC(=O)C2CC2)c1C. The Bertz CT molecular complexity index is 375. The van der Waals surface area contributed by atoms with Crippen molar-refractivity contribution < 1.29 is 4.79 Å². The zero-order valence-corrected chi connectivity index (χ0v) is 9.55. The second-order valence-corrected chi connectivity index (χ2v) is 4.60. The first kappa shape index (κ1) is 10.4. The fourth-order valence-corrected chi connectivity index (χ4v) is 1.95. The Morgan fingerprint density at radius 2 is 2.07 bits per heavy atom. The summed E-state index contributed by atoms with van der Waals surface area (Å²) in [6.45, 7) is 4.27. The number of ketones is 1. The molecule has 1 fully saturated rings. The first-order valence-electron chi connectivity index (χ1n) is 5.76. The molecule has 15 heavy (non-hydrogen) atoms. The highest BCUT2D eigenvalue weighted by molar-refractivity contribution is 5.83. The van der Waals surface area contributed by atoms with E-state index in [-0.39, 0.29) is 0 Å². The first-order chi connectivity index (χ1) is 7.18. The lowest BCUT2D eigenvalue weighted by Crippen LogP contribution is -2.03. The maximum atomic E-state index is 11.6. The van der Waals surface area contributed by atoms with Crippen LogP contribution in [0.25, 0.3) is 0 Å². The lowest BCUT2D eigenvalue weighted by molar-refractivity contribution is -0.120. The fourth-order valence-electron chi connectivity index (χ4n) is 1.95. The quantitative estimate of drug-likeness (QED) is 0.732. The van der Waals surface area contributed by atoms with Crippen LogP contribution >= 0.6 is 0 Å². The maximum absolute atomic E-state index is 11.6. The number of hydrogen-bond donors (Lipinski definition) is 0. The monoisotopic (exact) mass is 202 g/mol. The third kappa shape index (κ3) is 2.47. The topological polar surface area (TPSA) is 17.1 Å². The number of aryl methyl sites for hydroxylation is 2. The normalized spacial score (nSPS) is 15.3.